The van der Waals surface area contributed by atoms with E-state index >= 15 is 0 Å². The average molecular weight is 405 g/mol. The van der Waals surface area contributed by atoms with Crippen LogP contribution in [0.15, 0.2) is 53.4 Å². The van der Waals surface area contributed by atoms with Crippen molar-refractivity contribution in [1.29, 1.82) is 0 Å². The Bertz CT molecular complexity index is 893. The van der Waals surface area contributed by atoms with Crippen molar-refractivity contribution in [3.8, 4) is 5.75 Å². The molecule has 0 aliphatic carbocycles. The second-order valence-electron chi connectivity index (χ2n) is 6.27. The van der Waals surface area contributed by atoms with Crippen LogP contribution >= 0.6 is 0 Å². The van der Waals surface area contributed by atoms with Crippen LogP contribution < -0.4 is 10.1 Å². The number of nitrogens with one attached hydrogen (secondary N) is 1. The number of amides is 1. The predicted octanol–water partition coefficient (Wildman–Crippen LogP) is 4.15. The predicted molar refractivity (Wildman–Crippen MR) is 111 cm³/mol. The molecular weight excluding hydrogens is 376 g/mol. The maximum absolute atomic E-state index is 12.7. The maximum Gasteiger partial charge on any atom is 0.255 e. The molecule has 0 bridgehead atoms. The summed E-state index contributed by atoms with van der Waals surface area (Å²) >= 11 is 0. The molecule has 1 N–H and O–H groups in total. The van der Waals surface area contributed by atoms with Crippen molar-refractivity contribution in [1.82, 2.24) is 4.31 Å². The van der Waals surface area contributed by atoms with Gasteiger partial charge in [-0.25, -0.2) is 8.42 Å². The first-order chi connectivity index (χ1) is 13.4. The fourth-order valence-electron chi connectivity index (χ4n) is 2.73. The lowest BCUT2D eigenvalue weighted by Gasteiger charge is -2.18. The number of carbonyl (C=O) groups is 1. The second-order valence-corrected chi connectivity index (χ2v) is 8.21. The van der Waals surface area contributed by atoms with Gasteiger partial charge in [-0.15, -0.1) is 0 Å². The van der Waals surface area contributed by atoms with Crippen molar-refractivity contribution >= 4 is 21.6 Å². The zero-order chi connectivity index (χ0) is 20.6. The maximum atomic E-state index is 12.7. The van der Waals surface area contributed by atoms with Crippen LogP contribution in [-0.4, -0.2) is 38.3 Å². The Kier molecular flexibility index (Phi) is 8.02. The highest BCUT2D eigenvalue weighted by atomic mass is 32.2. The van der Waals surface area contributed by atoms with Gasteiger partial charge in [0.05, 0.1) is 17.2 Å². The summed E-state index contributed by atoms with van der Waals surface area (Å²) in [6.07, 6.45) is 1.94. The second kappa shape index (κ2) is 10.2. The number of ether oxygens (including phenoxy) is 1. The van der Waals surface area contributed by atoms with Gasteiger partial charge in [0.25, 0.3) is 5.91 Å². The molecule has 0 radical (unpaired) electrons. The van der Waals surface area contributed by atoms with E-state index in [9.17, 15) is 13.2 Å². The van der Waals surface area contributed by atoms with Crippen molar-refractivity contribution in [2.24, 2.45) is 0 Å². The molecule has 0 aliphatic heterocycles. The smallest absolute Gasteiger partial charge is 0.255 e. The van der Waals surface area contributed by atoms with Gasteiger partial charge < -0.3 is 10.1 Å². The molecule has 7 heteroatoms. The molecule has 0 unspecified atom stereocenters. The summed E-state index contributed by atoms with van der Waals surface area (Å²) in [5.74, 6) is 0.208. The Labute approximate surface area is 167 Å². The summed E-state index contributed by atoms with van der Waals surface area (Å²) in [5, 5.41) is 2.82. The van der Waals surface area contributed by atoms with Crippen LogP contribution in [0.3, 0.4) is 0 Å². The number of hydrogen-bond donors (Lipinski definition) is 1. The van der Waals surface area contributed by atoms with Crippen molar-refractivity contribution in [3.05, 3.63) is 54.1 Å². The van der Waals surface area contributed by atoms with E-state index in [1.807, 2.05) is 12.1 Å². The molecule has 0 saturated heterocycles. The highest BCUT2D eigenvalue weighted by Gasteiger charge is 2.22. The van der Waals surface area contributed by atoms with Crippen LogP contribution in [-0.2, 0) is 10.0 Å². The average Bonchev–Trinajstić information content (AvgIpc) is 2.70. The molecule has 28 heavy (non-hydrogen) atoms. The number of anilines is 1. The van der Waals surface area contributed by atoms with Gasteiger partial charge in [0.15, 0.2) is 0 Å². The van der Waals surface area contributed by atoms with Crippen molar-refractivity contribution < 1.29 is 17.9 Å². The SMILES string of the molecule is CCCCOc1ccccc1NC(=O)c1cccc(S(=O)(=O)N(CC)CC)c1. The van der Waals surface area contributed by atoms with E-state index < -0.39 is 10.0 Å². The quantitative estimate of drug-likeness (QED) is 0.604. The molecule has 2 aromatic carbocycles. The summed E-state index contributed by atoms with van der Waals surface area (Å²) in [7, 11) is -3.62. The lowest BCUT2D eigenvalue weighted by Crippen LogP contribution is -2.30. The Morgan fingerprint density at radius 3 is 2.43 bits per heavy atom. The third-order valence-electron chi connectivity index (χ3n) is 4.33. The Morgan fingerprint density at radius 2 is 1.75 bits per heavy atom. The van der Waals surface area contributed by atoms with E-state index in [0.29, 0.717) is 31.1 Å². The summed E-state index contributed by atoms with van der Waals surface area (Å²) < 4.78 is 32.5. The Morgan fingerprint density at radius 1 is 1.04 bits per heavy atom. The topological polar surface area (TPSA) is 75.7 Å². The molecular formula is C21H28N2O4S. The minimum absolute atomic E-state index is 0.108. The van der Waals surface area contributed by atoms with E-state index in [1.54, 1.807) is 38.1 Å². The number of benzene rings is 2. The summed E-state index contributed by atoms with van der Waals surface area (Å²) in [6, 6.07) is 13.3. The highest BCUT2D eigenvalue weighted by molar-refractivity contribution is 7.89. The lowest BCUT2D eigenvalue weighted by molar-refractivity contribution is 0.102. The van der Waals surface area contributed by atoms with E-state index in [-0.39, 0.29) is 16.4 Å². The fourth-order valence-corrected chi connectivity index (χ4v) is 4.23. The summed E-state index contributed by atoms with van der Waals surface area (Å²) in [5.41, 5.74) is 0.831. The van der Waals surface area contributed by atoms with Gasteiger partial charge in [-0.3, -0.25) is 4.79 Å². The van der Waals surface area contributed by atoms with Gasteiger partial charge in [-0.2, -0.15) is 4.31 Å². The molecule has 0 heterocycles. The van der Waals surface area contributed by atoms with Crippen LogP contribution in [0.2, 0.25) is 0 Å². The van der Waals surface area contributed by atoms with Crippen LogP contribution in [0.25, 0.3) is 0 Å². The first kappa shape index (κ1) is 21.9. The Hall–Kier alpha value is -2.38. The molecule has 0 aliphatic rings. The molecule has 6 nitrogen and oxygen atoms in total. The van der Waals surface area contributed by atoms with Gasteiger partial charge in [0, 0.05) is 18.7 Å². The molecule has 0 atom stereocenters. The van der Waals surface area contributed by atoms with E-state index in [2.05, 4.69) is 12.2 Å². The molecule has 0 aromatic heterocycles. The number of sulfonamides is 1. The van der Waals surface area contributed by atoms with E-state index in [0.717, 1.165) is 12.8 Å². The van der Waals surface area contributed by atoms with E-state index in [4.69, 9.17) is 4.74 Å². The largest absolute Gasteiger partial charge is 0.491 e. The van der Waals surface area contributed by atoms with E-state index in [1.165, 1.54) is 16.4 Å². The number of carbonyl (C=O) groups excluding carboxylic acids is 1. The third kappa shape index (κ3) is 5.33. The zero-order valence-electron chi connectivity index (χ0n) is 16.6. The summed E-state index contributed by atoms with van der Waals surface area (Å²) in [4.78, 5) is 12.8. The molecule has 2 aromatic rings. The van der Waals surface area contributed by atoms with Crippen LogP contribution in [0, 0.1) is 0 Å². The molecule has 2 rings (SSSR count). The van der Waals surface area contributed by atoms with Crippen molar-refractivity contribution in [2.45, 2.75) is 38.5 Å². The number of nitrogens with zero attached hydrogens (tertiary/aromatic N) is 1. The first-order valence-electron chi connectivity index (χ1n) is 9.57. The number of para-hydroxylation sites is 2. The molecule has 0 spiro atoms. The van der Waals surface area contributed by atoms with Gasteiger partial charge >= 0.3 is 0 Å². The Balaban J connectivity index is 2.23. The zero-order valence-corrected chi connectivity index (χ0v) is 17.5. The molecule has 152 valence electrons. The number of unbranched alkanes of at least 4 members (excludes halogenated alkanes) is 1. The molecule has 0 fully saturated rings. The first-order valence-corrected chi connectivity index (χ1v) is 11.0. The fraction of sp³-hybridized carbons (Fsp3) is 0.381. The van der Waals surface area contributed by atoms with Gasteiger partial charge in [-0.1, -0.05) is 45.4 Å². The highest BCUT2D eigenvalue weighted by Crippen LogP contribution is 2.25. The van der Waals surface area contributed by atoms with Crippen molar-refractivity contribution in [2.75, 3.05) is 25.0 Å². The number of hydrogen-bond acceptors (Lipinski definition) is 4. The number of rotatable bonds is 10. The molecule has 0 saturated carbocycles. The monoisotopic (exact) mass is 404 g/mol. The molecule has 1 amide bonds. The van der Waals surface area contributed by atoms with Gasteiger partial charge in [-0.05, 0) is 36.8 Å². The van der Waals surface area contributed by atoms with Crippen LogP contribution in [0.5, 0.6) is 5.75 Å². The van der Waals surface area contributed by atoms with Gasteiger partial charge in [0.1, 0.15) is 5.75 Å². The van der Waals surface area contributed by atoms with Crippen molar-refractivity contribution in [3.63, 3.8) is 0 Å². The van der Waals surface area contributed by atoms with Gasteiger partial charge in [0.2, 0.25) is 10.0 Å². The summed E-state index contributed by atoms with van der Waals surface area (Å²) in [6.45, 7) is 6.97. The van der Waals surface area contributed by atoms with Crippen LogP contribution in [0.4, 0.5) is 5.69 Å². The standard InChI is InChI=1S/C21H28N2O4S/c1-4-7-15-27-20-14-9-8-13-19(20)22-21(24)17-11-10-12-18(16-17)28(25,26)23(5-2)6-3/h8-14,16H,4-7,15H2,1-3H3,(H,22,24). The minimum Gasteiger partial charge on any atom is -0.491 e. The van der Waals surface area contributed by atoms with Crippen LogP contribution in [0.1, 0.15) is 44.0 Å². The lowest BCUT2D eigenvalue weighted by atomic mass is 10.2. The minimum atomic E-state index is -3.62. The normalized spacial score (nSPS) is 11.4. The third-order valence-corrected chi connectivity index (χ3v) is 6.38.